The van der Waals surface area contributed by atoms with Gasteiger partial charge in [-0.25, -0.2) is 8.78 Å². The van der Waals surface area contributed by atoms with Gasteiger partial charge in [0.05, 0.1) is 12.6 Å². The molecule has 27 heavy (non-hydrogen) atoms. The predicted octanol–water partition coefficient (Wildman–Crippen LogP) is 4.16. The molecule has 144 valence electrons. The van der Waals surface area contributed by atoms with Crippen molar-refractivity contribution >= 4 is 10.9 Å². The number of nitrogens with one attached hydrogen (secondary N) is 1. The van der Waals surface area contributed by atoms with E-state index in [1.165, 1.54) is 10.9 Å². The second-order valence-electron chi connectivity index (χ2n) is 6.42. The van der Waals surface area contributed by atoms with Gasteiger partial charge in [-0.3, -0.25) is 0 Å². The fourth-order valence-corrected chi connectivity index (χ4v) is 3.13. The van der Waals surface area contributed by atoms with E-state index in [9.17, 15) is 8.78 Å². The number of ether oxygens (including phenoxy) is 2. The first-order valence-corrected chi connectivity index (χ1v) is 8.89. The molecule has 6 heteroatoms. The van der Waals surface area contributed by atoms with Crippen LogP contribution in [-0.2, 0) is 20.0 Å². The maximum absolute atomic E-state index is 12.2. The number of aryl methyl sites for hydroxylation is 1. The first kappa shape index (κ1) is 19.2. The predicted molar refractivity (Wildman–Crippen MR) is 103 cm³/mol. The molecule has 0 fully saturated rings. The molecule has 0 aliphatic rings. The van der Waals surface area contributed by atoms with Crippen molar-refractivity contribution < 1.29 is 18.3 Å². The Labute approximate surface area is 157 Å². The Bertz CT molecular complexity index is 893. The molecule has 3 rings (SSSR count). The fraction of sp³-hybridized carbons (Fsp3) is 0.333. The highest BCUT2D eigenvalue weighted by atomic mass is 19.3. The zero-order valence-corrected chi connectivity index (χ0v) is 15.5. The quantitative estimate of drug-likeness (QED) is 0.571. The molecule has 1 heterocycles. The molecule has 0 saturated heterocycles. The number of rotatable bonds is 9. The van der Waals surface area contributed by atoms with Gasteiger partial charge in [-0.2, -0.15) is 0 Å². The van der Waals surface area contributed by atoms with Crippen LogP contribution in [0.15, 0.2) is 48.7 Å². The van der Waals surface area contributed by atoms with E-state index in [0.29, 0.717) is 12.3 Å². The van der Waals surface area contributed by atoms with E-state index in [1.807, 2.05) is 31.3 Å². The van der Waals surface area contributed by atoms with Crippen molar-refractivity contribution in [3.8, 4) is 11.5 Å². The van der Waals surface area contributed by atoms with Crippen LogP contribution in [0.4, 0.5) is 8.78 Å². The average molecular weight is 374 g/mol. The third kappa shape index (κ3) is 4.98. The summed E-state index contributed by atoms with van der Waals surface area (Å²) in [6, 6.07) is 13.4. The third-order valence-electron chi connectivity index (χ3n) is 4.45. The smallest absolute Gasteiger partial charge is 0.272 e. The number of fused-ring (bicyclic) bond motifs is 1. The monoisotopic (exact) mass is 374 g/mol. The van der Waals surface area contributed by atoms with Gasteiger partial charge in [0, 0.05) is 31.2 Å². The maximum atomic E-state index is 12.2. The summed E-state index contributed by atoms with van der Waals surface area (Å²) in [5.74, 6) is 1.32. The SMILES string of the molecule is COc1ccc2c(CCNCc3cccc(OCC(F)F)c3)cn(C)c2c1. The maximum Gasteiger partial charge on any atom is 0.272 e. The van der Waals surface area contributed by atoms with Crippen molar-refractivity contribution in [2.45, 2.75) is 19.4 Å². The van der Waals surface area contributed by atoms with E-state index < -0.39 is 13.0 Å². The molecule has 4 nitrogen and oxygen atoms in total. The zero-order valence-electron chi connectivity index (χ0n) is 15.5. The number of hydrogen-bond acceptors (Lipinski definition) is 3. The van der Waals surface area contributed by atoms with Gasteiger partial charge in [0.15, 0.2) is 0 Å². The van der Waals surface area contributed by atoms with Gasteiger partial charge in [-0.1, -0.05) is 12.1 Å². The molecule has 2 aromatic carbocycles. The topological polar surface area (TPSA) is 35.4 Å². The lowest BCUT2D eigenvalue weighted by molar-refractivity contribution is 0.0818. The molecule has 0 aliphatic carbocycles. The lowest BCUT2D eigenvalue weighted by atomic mass is 10.1. The zero-order chi connectivity index (χ0) is 19.2. The fourth-order valence-electron chi connectivity index (χ4n) is 3.13. The first-order chi connectivity index (χ1) is 13.1. The molecule has 0 aliphatic heterocycles. The molecule has 0 unspecified atom stereocenters. The van der Waals surface area contributed by atoms with Crippen molar-refractivity contribution in [2.24, 2.45) is 7.05 Å². The van der Waals surface area contributed by atoms with Crippen LogP contribution in [0.1, 0.15) is 11.1 Å². The number of hydrogen-bond donors (Lipinski definition) is 1. The first-order valence-electron chi connectivity index (χ1n) is 8.89. The summed E-state index contributed by atoms with van der Waals surface area (Å²) in [6.45, 7) is 0.889. The van der Waals surface area contributed by atoms with Gasteiger partial charge >= 0.3 is 0 Å². The average Bonchev–Trinajstić information content (AvgIpc) is 2.99. The summed E-state index contributed by atoms with van der Waals surface area (Å²) in [7, 11) is 3.70. The summed E-state index contributed by atoms with van der Waals surface area (Å²) < 4.78 is 36.9. The molecule has 1 aromatic heterocycles. The van der Waals surface area contributed by atoms with Gasteiger partial charge in [-0.05, 0) is 48.4 Å². The molecule has 0 atom stereocenters. The second kappa shape index (κ2) is 8.86. The molecular weight excluding hydrogens is 350 g/mol. The van der Waals surface area contributed by atoms with E-state index in [2.05, 4.69) is 22.1 Å². The summed E-state index contributed by atoms with van der Waals surface area (Å²) >= 11 is 0. The molecular formula is C21H24F2N2O2. The van der Waals surface area contributed by atoms with Crippen LogP contribution < -0.4 is 14.8 Å². The van der Waals surface area contributed by atoms with Crippen LogP contribution in [0, 0.1) is 0 Å². The number of halogens is 2. The lowest BCUT2D eigenvalue weighted by Gasteiger charge is -2.08. The number of aromatic nitrogens is 1. The van der Waals surface area contributed by atoms with Gasteiger partial charge in [0.1, 0.15) is 18.1 Å². The van der Waals surface area contributed by atoms with E-state index >= 15 is 0 Å². The van der Waals surface area contributed by atoms with Crippen molar-refractivity contribution in [1.82, 2.24) is 9.88 Å². The Balaban J connectivity index is 1.55. The van der Waals surface area contributed by atoms with Crippen LogP contribution in [0.2, 0.25) is 0 Å². The van der Waals surface area contributed by atoms with Crippen molar-refractivity contribution in [1.29, 1.82) is 0 Å². The van der Waals surface area contributed by atoms with Crippen LogP contribution >= 0.6 is 0 Å². The molecule has 0 amide bonds. The summed E-state index contributed by atoms with van der Waals surface area (Å²) in [6.07, 6.45) is 0.572. The lowest BCUT2D eigenvalue weighted by Crippen LogP contribution is -2.16. The van der Waals surface area contributed by atoms with Gasteiger partial charge in [0.25, 0.3) is 6.43 Å². The largest absolute Gasteiger partial charge is 0.497 e. The van der Waals surface area contributed by atoms with Crippen LogP contribution in [0.25, 0.3) is 10.9 Å². The summed E-state index contributed by atoms with van der Waals surface area (Å²) in [5, 5.41) is 4.63. The highest BCUT2D eigenvalue weighted by molar-refractivity contribution is 5.85. The number of benzene rings is 2. The Morgan fingerprint density at radius 3 is 2.74 bits per heavy atom. The van der Waals surface area contributed by atoms with Crippen LogP contribution in [0.5, 0.6) is 11.5 Å². The molecule has 0 spiro atoms. The summed E-state index contributed by atoms with van der Waals surface area (Å²) in [5.41, 5.74) is 3.43. The van der Waals surface area contributed by atoms with Crippen molar-refractivity contribution in [2.75, 3.05) is 20.3 Å². The van der Waals surface area contributed by atoms with Gasteiger partial charge < -0.3 is 19.4 Å². The number of methoxy groups -OCH3 is 1. The van der Waals surface area contributed by atoms with Crippen LogP contribution in [0.3, 0.4) is 0 Å². The number of alkyl halides is 2. The Morgan fingerprint density at radius 1 is 1.11 bits per heavy atom. The number of nitrogens with zero attached hydrogens (tertiary/aromatic N) is 1. The van der Waals surface area contributed by atoms with E-state index in [1.54, 1.807) is 19.2 Å². The summed E-state index contributed by atoms with van der Waals surface area (Å²) in [4.78, 5) is 0. The normalized spacial score (nSPS) is 11.3. The molecule has 0 bridgehead atoms. The second-order valence-corrected chi connectivity index (χ2v) is 6.42. The van der Waals surface area contributed by atoms with Gasteiger partial charge in [-0.15, -0.1) is 0 Å². The molecule has 1 N–H and O–H groups in total. The highest BCUT2D eigenvalue weighted by Gasteiger charge is 2.08. The van der Waals surface area contributed by atoms with E-state index in [0.717, 1.165) is 29.8 Å². The van der Waals surface area contributed by atoms with Gasteiger partial charge in [0.2, 0.25) is 0 Å². The van der Waals surface area contributed by atoms with E-state index in [4.69, 9.17) is 9.47 Å². The minimum absolute atomic E-state index is 0.470. The molecule has 0 radical (unpaired) electrons. The van der Waals surface area contributed by atoms with Crippen LogP contribution in [-0.4, -0.2) is 31.3 Å². The third-order valence-corrected chi connectivity index (χ3v) is 4.45. The molecule has 3 aromatic rings. The minimum Gasteiger partial charge on any atom is -0.497 e. The van der Waals surface area contributed by atoms with Crippen molar-refractivity contribution in [3.05, 3.63) is 59.8 Å². The standard InChI is InChI=1S/C21H24F2N2O2/c1-25-13-16(19-7-6-17(26-2)11-20(19)25)8-9-24-12-15-4-3-5-18(10-15)27-14-21(22)23/h3-7,10-11,13,21,24H,8-9,12,14H2,1-2H3. The Hall–Kier alpha value is -2.60. The van der Waals surface area contributed by atoms with Crippen molar-refractivity contribution in [3.63, 3.8) is 0 Å². The Morgan fingerprint density at radius 2 is 1.96 bits per heavy atom. The highest BCUT2D eigenvalue weighted by Crippen LogP contribution is 2.25. The van der Waals surface area contributed by atoms with E-state index in [-0.39, 0.29) is 0 Å². The molecule has 0 saturated carbocycles. The minimum atomic E-state index is -2.47. The Kier molecular flexibility index (Phi) is 6.29.